The highest BCUT2D eigenvalue weighted by atomic mass is 79.9. The van der Waals surface area contributed by atoms with Crippen LogP contribution in [0.15, 0.2) is 75.1 Å². The van der Waals surface area contributed by atoms with Crippen molar-refractivity contribution in [3.63, 3.8) is 0 Å². The second-order valence-electron chi connectivity index (χ2n) is 7.43. The van der Waals surface area contributed by atoms with Crippen LogP contribution in [-0.2, 0) is 4.79 Å². The highest BCUT2D eigenvalue weighted by Crippen LogP contribution is 2.28. The van der Waals surface area contributed by atoms with Gasteiger partial charge in [-0.15, -0.1) is 10.2 Å². The number of rotatable bonds is 5. The topological polar surface area (TPSA) is 58.1 Å². The summed E-state index contributed by atoms with van der Waals surface area (Å²) >= 11 is 5.01. The lowest BCUT2D eigenvalue weighted by Crippen LogP contribution is -2.41. The van der Waals surface area contributed by atoms with E-state index in [1.54, 1.807) is 11.8 Å². The van der Waals surface area contributed by atoms with E-state index in [0.29, 0.717) is 6.54 Å². The average molecular weight is 483 g/mol. The van der Waals surface area contributed by atoms with Crippen molar-refractivity contribution in [2.75, 3.05) is 23.3 Å². The van der Waals surface area contributed by atoms with E-state index in [4.69, 9.17) is 0 Å². The lowest BCUT2D eigenvalue weighted by Gasteiger charge is -2.32. The predicted octanol–water partition coefficient (Wildman–Crippen LogP) is 5.55. The summed E-state index contributed by atoms with van der Waals surface area (Å²) in [5.41, 5.74) is 2.06. The molecule has 1 fully saturated rings. The van der Waals surface area contributed by atoms with E-state index in [2.05, 4.69) is 67.5 Å². The van der Waals surface area contributed by atoms with Crippen LogP contribution in [0.4, 0.5) is 11.5 Å². The van der Waals surface area contributed by atoms with Crippen molar-refractivity contribution in [3.8, 4) is 0 Å². The van der Waals surface area contributed by atoms with Crippen LogP contribution < -0.4 is 10.2 Å². The minimum atomic E-state index is -0.0641. The average Bonchev–Trinajstić information content (AvgIpc) is 2.77. The van der Waals surface area contributed by atoms with Crippen LogP contribution >= 0.6 is 27.7 Å². The Morgan fingerprint density at radius 3 is 2.53 bits per heavy atom. The first-order chi connectivity index (χ1) is 14.6. The van der Waals surface area contributed by atoms with Crippen LogP contribution in [0.5, 0.6) is 0 Å². The number of aryl methyl sites for hydroxylation is 1. The highest BCUT2D eigenvalue weighted by Gasteiger charge is 2.26. The van der Waals surface area contributed by atoms with Crippen molar-refractivity contribution in [1.82, 2.24) is 10.2 Å². The number of hydrogen-bond donors (Lipinski definition) is 1. The molecule has 7 heteroatoms. The maximum Gasteiger partial charge on any atom is 0.229 e. The Bertz CT molecular complexity index is 993. The molecule has 3 aromatic rings. The molecule has 1 aliphatic heterocycles. The molecule has 1 aliphatic rings. The van der Waals surface area contributed by atoms with E-state index in [1.165, 1.54) is 5.56 Å². The van der Waals surface area contributed by atoms with Crippen molar-refractivity contribution in [1.29, 1.82) is 0 Å². The normalized spacial score (nSPS) is 16.3. The van der Waals surface area contributed by atoms with E-state index in [0.717, 1.165) is 45.3 Å². The Morgan fingerprint density at radius 2 is 1.83 bits per heavy atom. The Morgan fingerprint density at radius 1 is 1.07 bits per heavy atom. The number of anilines is 2. The van der Waals surface area contributed by atoms with E-state index >= 15 is 0 Å². The number of benzene rings is 2. The Hall–Kier alpha value is -2.38. The third-order valence-electron chi connectivity index (χ3n) is 5.10. The second-order valence-corrected chi connectivity index (χ2v) is 9.44. The molecule has 2 heterocycles. The number of nitrogens with zero attached hydrogens (tertiary/aromatic N) is 3. The molecular formula is C23H23BrN4OS. The van der Waals surface area contributed by atoms with Crippen LogP contribution in [0.1, 0.15) is 18.4 Å². The van der Waals surface area contributed by atoms with Gasteiger partial charge in [0, 0.05) is 28.1 Å². The lowest BCUT2D eigenvalue weighted by molar-refractivity contribution is -0.120. The number of hydrogen-bond acceptors (Lipinski definition) is 5. The fourth-order valence-electron chi connectivity index (χ4n) is 3.44. The van der Waals surface area contributed by atoms with Gasteiger partial charge in [0.25, 0.3) is 0 Å². The summed E-state index contributed by atoms with van der Waals surface area (Å²) in [5, 5.41) is 12.7. The molecule has 30 heavy (non-hydrogen) atoms. The summed E-state index contributed by atoms with van der Waals surface area (Å²) in [5.74, 6) is 0.816. The first-order valence-electron chi connectivity index (χ1n) is 9.96. The maximum atomic E-state index is 12.7. The minimum Gasteiger partial charge on any atom is -0.354 e. The van der Waals surface area contributed by atoms with Gasteiger partial charge < -0.3 is 10.2 Å². The molecule has 0 radical (unpaired) electrons. The van der Waals surface area contributed by atoms with Crippen molar-refractivity contribution in [2.45, 2.75) is 29.7 Å². The van der Waals surface area contributed by atoms with Gasteiger partial charge in [-0.2, -0.15) is 0 Å². The first kappa shape index (κ1) is 20.9. The van der Waals surface area contributed by atoms with Gasteiger partial charge in [0.2, 0.25) is 5.91 Å². The molecule has 2 aromatic carbocycles. The molecule has 0 spiro atoms. The van der Waals surface area contributed by atoms with Gasteiger partial charge in [-0.1, -0.05) is 45.4 Å². The minimum absolute atomic E-state index is 0.0570. The molecule has 0 aliphatic carbocycles. The van der Waals surface area contributed by atoms with Crippen LogP contribution in [0.25, 0.3) is 0 Å². The van der Waals surface area contributed by atoms with Crippen LogP contribution in [0.3, 0.4) is 0 Å². The molecule has 1 N–H and O–H groups in total. The maximum absolute atomic E-state index is 12.7. The molecule has 1 amide bonds. The number of piperidine rings is 1. The molecule has 1 aromatic heterocycles. The third kappa shape index (κ3) is 5.40. The summed E-state index contributed by atoms with van der Waals surface area (Å²) in [6.07, 6.45) is 1.84. The quantitative estimate of drug-likeness (QED) is 0.516. The van der Waals surface area contributed by atoms with Gasteiger partial charge in [-0.25, -0.2) is 0 Å². The van der Waals surface area contributed by atoms with Crippen molar-refractivity contribution in [2.24, 2.45) is 5.92 Å². The largest absolute Gasteiger partial charge is 0.354 e. The fourth-order valence-corrected chi connectivity index (χ4v) is 4.44. The van der Waals surface area contributed by atoms with Crippen molar-refractivity contribution < 1.29 is 4.79 Å². The standard InChI is InChI=1S/C23H23BrN4OS/c1-16-4-10-20(11-5-16)30-22-13-12-21(26-27-22)28-14-2-3-17(15-28)23(29)25-19-8-6-18(24)7-9-19/h4-13,17H,2-3,14-15H2,1H3,(H,25,29)/t17-/m0/s1. The third-order valence-corrected chi connectivity index (χ3v) is 6.56. The molecule has 1 atom stereocenters. The SMILES string of the molecule is Cc1ccc(Sc2ccc(N3CCC[C@H](C(=O)Nc4ccc(Br)cc4)C3)nn2)cc1. The molecule has 4 rings (SSSR count). The number of aromatic nitrogens is 2. The summed E-state index contributed by atoms with van der Waals surface area (Å²) < 4.78 is 0.993. The molecular weight excluding hydrogens is 460 g/mol. The Labute approximate surface area is 189 Å². The van der Waals surface area contributed by atoms with Crippen molar-refractivity contribution in [3.05, 3.63) is 70.7 Å². The zero-order valence-corrected chi connectivity index (χ0v) is 19.1. The van der Waals surface area contributed by atoms with Gasteiger partial charge in [-0.05, 0) is 68.3 Å². The fraction of sp³-hybridized carbons (Fsp3) is 0.261. The second kappa shape index (κ2) is 9.62. The number of nitrogens with one attached hydrogen (secondary N) is 1. The molecule has 0 unspecified atom stereocenters. The molecule has 1 saturated heterocycles. The number of carbonyl (C=O) groups is 1. The Balaban J connectivity index is 1.37. The summed E-state index contributed by atoms with van der Waals surface area (Å²) in [6.45, 7) is 3.62. The molecule has 0 bridgehead atoms. The number of amides is 1. The summed E-state index contributed by atoms with van der Waals surface area (Å²) in [7, 11) is 0. The van der Waals surface area contributed by atoms with Crippen LogP contribution in [0.2, 0.25) is 0 Å². The van der Waals surface area contributed by atoms with E-state index in [-0.39, 0.29) is 11.8 Å². The van der Waals surface area contributed by atoms with E-state index in [1.807, 2.05) is 36.4 Å². The Kier molecular flexibility index (Phi) is 6.69. The monoisotopic (exact) mass is 482 g/mol. The smallest absolute Gasteiger partial charge is 0.229 e. The number of halogens is 1. The zero-order chi connectivity index (χ0) is 20.9. The zero-order valence-electron chi connectivity index (χ0n) is 16.7. The van der Waals surface area contributed by atoms with E-state index in [9.17, 15) is 4.79 Å². The lowest BCUT2D eigenvalue weighted by atomic mass is 9.97. The highest BCUT2D eigenvalue weighted by molar-refractivity contribution is 9.10. The summed E-state index contributed by atoms with van der Waals surface area (Å²) in [6, 6.07) is 20.0. The van der Waals surface area contributed by atoms with Gasteiger partial charge in [-0.3, -0.25) is 4.79 Å². The van der Waals surface area contributed by atoms with Gasteiger partial charge >= 0.3 is 0 Å². The molecule has 5 nitrogen and oxygen atoms in total. The predicted molar refractivity (Wildman–Crippen MR) is 125 cm³/mol. The van der Waals surface area contributed by atoms with Gasteiger partial charge in [0.1, 0.15) is 5.03 Å². The van der Waals surface area contributed by atoms with E-state index < -0.39 is 0 Å². The van der Waals surface area contributed by atoms with Gasteiger partial charge in [0.15, 0.2) is 5.82 Å². The molecule has 154 valence electrons. The van der Waals surface area contributed by atoms with Gasteiger partial charge in [0.05, 0.1) is 5.92 Å². The first-order valence-corrected chi connectivity index (χ1v) is 11.6. The summed E-state index contributed by atoms with van der Waals surface area (Å²) in [4.78, 5) is 16.0. The van der Waals surface area contributed by atoms with Crippen LogP contribution in [0, 0.1) is 12.8 Å². The number of carbonyl (C=O) groups excluding carboxylic acids is 1. The van der Waals surface area contributed by atoms with Crippen molar-refractivity contribution >= 4 is 45.1 Å². The van der Waals surface area contributed by atoms with Crippen LogP contribution in [-0.4, -0.2) is 29.2 Å². The molecule has 0 saturated carbocycles.